The number of rotatable bonds is 6. The summed E-state index contributed by atoms with van der Waals surface area (Å²) >= 11 is 0. The van der Waals surface area contributed by atoms with Crippen LogP contribution in [0.4, 0.5) is 0 Å². The number of amides is 1. The minimum Gasteiger partial charge on any atom is -0.465 e. The van der Waals surface area contributed by atoms with Gasteiger partial charge in [0.2, 0.25) is 5.91 Å². The third-order valence-corrected chi connectivity index (χ3v) is 3.55. The average molecular weight is 304 g/mol. The van der Waals surface area contributed by atoms with Crippen molar-refractivity contribution in [3.8, 4) is 0 Å². The van der Waals surface area contributed by atoms with Gasteiger partial charge in [0.15, 0.2) is 0 Å². The van der Waals surface area contributed by atoms with Crippen LogP contribution in [0.25, 0.3) is 10.9 Å². The monoisotopic (exact) mass is 304 g/mol. The summed E-state index contributed by atoms with van der Waals surface area (Å²) in [5.74, 6) is -0.545. The molecule has 2 aromatic rings. The molecule has 0 aliphatic rings. The van der Waals surface area contributed by atoms with E-state index in [4.69, 9.17) is 9.47 Å². The van der Waals surface area contributed by atoms with Crippen molar-refractivity contribution in [1.29, 1.82) is 0 Å². The molecular formula is C16H20N2O4. The maximum Gasteiger partial charge on any atom is 0.340 e. The molecule has 118 valence electrons. The van der Waals surface area contributed by atoms with Crippen molar-refractivity contribution in [2.24, 2.45) is 0 Å². The van der Waals surface area contributed by atoms with Crippen LogP contribution in [0.3, 0.4) is 0 Å². The molecule has 22 heavy (non-hydrogen) atoms. The first-order valence-corrected chi connectivity index (χ1v) is 7.04. The van der Waals surface area contributed by atoms with E-state index < -0.39 is 12.0 Å². The largest absolute Gasteiger partial charge is 0.465 e. The van der Waals surface area contributed by atoms with Gasteiger partial charge in [-0.25, -0.2) is 4.79 Å². The Labute approximate surface area is 129 Å². The van der Waals surface area contributed by atoms with Gasteiger partial charge >= 0.3 is 5.97 Å². The van der Waals surface area contributed by atoms with Crippen LogP contribution in [0.2, 0.25) is 0 Å². The zero-order valence-electron chi connectivity index (χ0n) is 13.0. The van der Waals surface area contributed by atoms with Crippen molar-refractivity contribution in [3.63, 3.8) is 0 Å². The molecule has 0 unspecified atom stereocenters. The first-order valence-electron chi connectivity index (χ1n) is 7.04. The van der Waals surface area contributed by atoms with Crippen LogP contribution >= 0.6 is 0 Å². The predicted molar refractivity (Wildman–Crippen MR) is 82.9 cm³/mol. The number of esters is 1. The number of carbonyl (C=O) groups excluding carboxylic acids is 2. The maximum absolute atomic E-state index is 12.2. The topological polar surface area (TPSA) is 69.6 Å². The Morgan fingerprint density at radius 1 is 1.27 bits per heavy atom. The van der Waals surface area contributed by atoms with E-state index in [0.29, 0.717) is 18.7 Å². The van der Waals surface area contributed by atoms with Gasteiger partial charge in [0.05, 0.1) is 19.3 Å². The average Bonchev–Trinajstić information content (AvgIpc) is 2.93. The van der Waals surface area contributed by atoms with Crippen molar-refractivity contribution in [2.45, 2.75) is 13.0 Å². The van der Waals surface area contributed by atoms with E-state index in [1.165, 1.54) is 7.11 Å². The molecule has 1 aromatic heterocycles. The summed E-state index contributed by atoms with van der Waals surface area (Å²) in [5, 5.41) is 3.57. The molecule has 1 amide bonds. The lowest BCUT2D eigenvalue weighted by Gasteiger charge is -2.15. The zero-order chi connectivity index (χ0) is 16.1. The first kappa shape index (κ1) is 16.0. The molecule has 0 aliphatic carbocycles. The molecule has 2 rings (SSSR count). The number of aromatic nitrogens is 1. The fraction of sp³-hybridized carbons (Fsp3) is 0.375. The number of methoxy groups -OCH3 is 2. The number of ether oxygens (including phenoxy) is 2. The third-order valence-electron chi connectivity index (χ3n) is 3.55. The van der Waals surface area contributed by atoms with Crippen LogP contribution in [-0.2, 0) is 14.3 Å². The molecule has 1 aromatic carbocycles. The zero-order valence-corrected chi connectivity index (χ0v) is 13.0. The molecule has 0 radical (unpaired) electrons. The normalized spacial score (nSPS) is 12.1. The summed E-state index contributed by atoms with van der Waals surface area (Å²) in [5.41, 5.74) is 1.27. The highest BCUT2D eigenvalue weighted by Crippen LogP contribution is 2.25. The number of nitrogens with one attached hydrogen (secondary N) is 1. The summed E-state index contributed by atoms with van der Waals surface area (Å²) in [6.45, 7) is 2.69. The van der Waals surface area contributed by atoms with Gasteiger partial charge < -0.3 is 19.4 Å². The van der Waals surface area contributed by atoms with E-state index in [2.05, 4.69) is 5.32 Å². The molecule has 0 aliphatic heterocycles. The molecule has 0 saturated carbocycles. The number of nitrogens with zero attached hydrogens (tertiary/aromatic N) is 1. The van der Waals surface area contributed by atoms with Crippen molar-refractivity contribution >= 4 is 22.8 Å². The van der Waals surface area contributed by atoms with Gasteiger partial charge in [-0.15, -0.1) is 0 Å². The summed E-state index contributed by atoms with van der Waals surface area (Å²) < 4.78 is 11.5. The van der Waals surface area contributed by atoms with E-state index in [-0.39, 0.29) is 5.91 Å². The third kappa shape index (κ3) is 3.12. The Bertz CT molecular complexity index is 678. The number of fused-ring (bicyclic) bond motifs is 1. The number of para-hydroxylation sites is 1. The number of hydrogen-bond donors (Lipinski definition) is 1. The Balaban J connectivity index is 2.34. The van der Waals surface area contributed by atoms with Gasteiger partial charge in [-0.3, -0.25) is 4.79 Å². The Hall–Kier alpha value is -2.34. The fourth-order valence-electron chi connectivity index (χ4n) is 2.35. The van der Waals surface area contributed by atoms with E-state index in [1.54, 1.807) is 24.8 Å². The standard InChI is InChI=1S/C16H20N2O4/c1-11(15(19)17-8-9-21-2)18-10-13(16(20)22-3)12-6-4-5-7-14(12)18/h4-7,10-11H,8-9H2,1-3H3,(H,17,19)/t11-/m1/s1. The molecule has 0 saturated heterocycles. The van der Waals surface area contributed by atoms with Crippen molar-refractivity contribution < 1.29 is 19.1 Å². The minimum absolute atomic E-state index is 0.130. The second kappa shape index (κ2) is 7.09. The highest BCUT2D eigenvalue weighted by atomic mass is 16.5. The van der Waals surface area contributed by atoms with Gasteiger partial charge in [-0.2, -0.15) is 0 Å². The molecule has 1 N–H and O–H groups in total. The van der Waals surface area contributed by atoms with Crippen LogP contribution in [0.5, 0.6) is 0 Å². The molecule has 6 nitrogen and oxygen atoms in total. The van der Waals surface area contributed by atoms with Crippen LogP contribution in [0.15, 0.2) is 30.5 Å². The predicted octanol–water partition coefficient (Wildman–Crippen LogP) is 1.75. The quantitative estimate of drug-likeness (QED) is 0.652. The number of carbonyl (C=O) groups is 2. The molecule has 1 heterocycles. The molecular weight excluding hydrogens is 284 g/mol. The summed E-state index contributed by atoms with van der Waals surface area (Å²) in [6.07, 6.45) is 1.66. The first-order chi connectivity index (χ1) is 10.6. The van der Waals surface area contributed by atoms with Gasteiger partial charge in [0, 0.05) is 30.8 Å². The summed E-state index contributed by atoms with van der Waals surface area (Å²) in [7, 11) is 2.92. The van der Waals surface area contributed by atoms with E-state index in [9.17, 15) is 9.59 Å². The lowest BCUT2D eigenvalue weighted by Crippen LogP contribution is -2.33. The van der Waals surface area contributed by atoms with Crippen molar-refractivity contribution in [2.75, 3.05) is 27.4 Å². The molecule has 0 bridgehead atoms. The fourth-order valence-corrected chi connectivity index (χ4v) is 2.35. The lowest BCUT2D eigenvalue weighted by molar-refractivity contribution is -0.123. The van der Waals surface area contributed by atoms with Gasteiger partial charge in [-0.05, 0) is 13.0 Å². The van der Waals surface area contributed by atoms with Gasteiger partial charge in [-0.1, -0.05) is 18.2 Å². The number of hydrogen-bond acceptors (Lipinski definition) is 4. The Morgan fingerprint density at radius 2 is 2.00 bits per heavy atom. The van der Waals surface area contributed by atoms with Crippen molar-refractivity contribution in [3.05, 3.63) is 36.0 Å². The second-order valence-electron chi connectivity index (χ2n) is 4.92. The van der Waals surface area contributed by atoms with Crippen LogP contribution in [0, 0.1) is 0 Å². The lowest BCUT2D eigenvalue weighted by atomic mass is 10.2. The van der Waals surface area contributed by atoms with Crippen LogP contribution < -0.4 is 5.32 Å². The SMILES string of the molecule is COCCNC(=O)[C@@H](C)n1cc(C(=O)OC)c2ccccc21. The smallest absolute Gasteiger partial charge is 0.340 e. The molecule has 6 heteroatoms. The Morgan fingerprint density at radius 3 is 2.68 bits per heavy atom. The highest BCUT2D eigenvalue weighted by molar-refractivity contribution is 6.04. The van der Waals surface area contributed by atoms with Gasteiger partial charge in [0.25, 0.3) is 0 Å². The van der Waals surface area contributed by atoms with Crippen LogP contribution in [0.1, 0.15) is 23.3 Å². The van der Waals surface area contributed by atoms with E-state index in [0.717, 1.165) is 10.9 Å². The molecule has 1 atom stereocenters. The summed E-state index contributed by atoms with van der Waals surface area (Å²) in [4.78, 5) is 24.1. The van der Waals surface area contributed by atoms with Crippen molar-refractivity contribution in [1.82, 2.24) is 9.88 Å². The molecule has 0 fully saturated rings. The van der Waals surface area contributed by atoms with E-state index in [1.807, 2.05) is 24.3 Å². The van der Waals surface area contributed by atoms with Crippen LogP contribution in [-0.4, -0.2) is 43.8 Å². The highest BCUT2D eigenvalue weighted by Gasteiger charge is 2.21. The molecule has 0 spiro atoms. The van der Waals surface area contributed by atoms with Gasteiger partial charge in [0.1, 0.15) is 6.04 Å². The minimum atomic E-state index is -0.444. The second-order valence-corrected chi connectivity index (χ2v) is 4.92. The van der Waals surface area contributed by atoms with E-state index >= 15 is 0 Å². The summed E-state index contributed by atoms with van der Waals surface area (Å²) in [6, 6.07) is 6.99. The Kier molecular flexibility index (Phi) is 5.16. The maximum atomic E-state index is 12.2. The number of benzene rings is 1.